The third-order valence-corrected chi connectivity index (χ3v) is 5.54. The van der Waals surface area contributed by atoms with Crippen LogP contribution in [0.5, 0.6) is 5.75 Å². The van der Waals surface area contributed by atoms with E-state index in [1.807, 2.05) is 24.3 Å². The zero-order valence-corrected chi connectivity index (χ0v) is 16.1. The minimum absolute atomic E-state index is 0.434. The monoisotopic (exact) mass is 388 g/mol. The van der Waals surface area contributed by atoms with Crippen molar-refractivity contribution in [1.29, 1.82) is 0 Å². The summed E-state index contributed by atoms with van der Waals surface area (Å²) < 4.78 is 10.5. The molecule has 2 N–H and O–H groups in total. The van der Waals surface area contributed by atoms with E-state index in [9.17, 15) is 14.4 Å². The fourth-order valence-electron chi connectivity index (χ4n) is 2.89. The summed E-state index contributed by atoms with van der Waals surface area (Å²) in [5.41, 5.74) is 3.36. The third kappa shape index (κ3) is 3.95. The number of carbonyl (C=O) groups is 3. The molecule has 1 aromatic carbocycles. The number of rotatable bonds is 4. The van der Waals surface area contributed by atoms with Crippen LogP contribution in [0.15, 0.2) is 24.3 Å². The van der Waals surface area contributed by atoms with E-state index in [0.717, 1.165) is 34.6 Å². The summed E-state index contributed by atoms with van der Waals surface area (Å²) in [4.78, 5) is 36.9. The van der Waals surface area contributed by atoms with E-state index < -0.39 is 24.0 Å². The summed E-state index contributed by atoms with van der Waals surface area (Å²) >= 11 is 1.35. The Balaban J connectivity index is 1.76. The third-order valence-electron chi connectivity index (χ3n) is 4.35. The van der Waals surface area contributed by atoms with E-state index in [1.54, 1.807) is 7.11 Å². The van der Waals surface area contributed by atoms with Crippen LogP contribution in [-0.4, -0.2) is 38.2 Å². The molecule has 2 aromatic rings. The van der Waals surface area contributed by atoms with E-state index >= 15 is 0 Å². The molecule has 27 heavy (non-hydrogen) atoms. The van der Waals surface area contributed by atoms with Gasteiger partial charge in [0.05, 0.1) is 7.11 Å². The van der Waals surface area contributed by atoms with Crippen LogP contribution in [0.25, 0.3) is 10.4 Å². The number of urea groups is 1. The first-order valence-electron chi connectivity index (χ1n) is 8.46. The predicted molar refractivity (Wildman–Crippen MR) is 101 cm³/mol. The maximum Gasteiger partial charge on any atom is 0.349 e. The van der Waals surface area contributed by atoms with Crippen molar-refractivity contribution in [2.24, 2.45) is 0 Å². The van der Waals surface area contributed by atoms with Crippen LogP contribution < -0.4 is 15.4 Å². The van der Waals surface area contributed by atoms with E-state index in [2.05, 4.69) is 10.6 Å². The lowest BCUT2D eigenvalue weighted by Gasteiger charge is -2.16. The Morgan fingerprint density at radius 2 is 1.89 bits per heavy atom. The van der Waals surface area contributed by atoms with Gasteiger partial charge in [0.1, 0.15) is 10.6 Å². The van der Waals surface area contributed by atoms with E-state index in [4.69, 9.17) is 9.47 Å². The molecular weight excluding hydrogens is 368 g/mol. The molecule has 0 saturated heterocycles. The number of esters is 1. The van der Waals surface area contributed by atoms with Gasteiger partial charge in [-0.1, -0.05) is 0 Å². The number of imide groups is 1. The van der Waals surface area contributed by atoms with Crippen molar-refractivity contribution in [1.82, 2.24) is 10.6 Å². The van der Waals surface area contributed by atoms with Gasteiger partial charge in [-0.25, -0.2) is 9.59 Å². The number of methoxy groups -OCH3 is 1. The fourth-order valence-corrected chi connectivity index (χ4v) is 4.04. The lowest BCUT2D eigenvalue weighted by atomic mass is 9.91. The van der Waals surface area contributed by atoms with Crippen LogP contribution in [0.2, 0.25) is 0 Å². The number of amides is 3. The van der Waals surface area contributed by atoms with Crippen LogP contribution in [0.4, 0.5) is 4.79 Å². The summed E-state index contributed by atoms with van der Waals surface area (Å²) in [5, 5.41) is 4.35. The lowest BCUT2D eigenvalue weighted by Crippen LogP contribution is -2.43. The molecule has 1 aromatic heterocycles. The van der Waals surface area contributed by atoms with Gasteiger partial charge in [0.2, 0.25) is 0 Å². The Bertz CT molecular complexity index is 906. The minimum Gasteiger partial charge on any atom is -0.497 e. The average Bonchev–Trinajstić information content (AvgIpc) is 3.12. The fraction of sp³-hybridized carbons (Fsp3) is 0.316. The highest BCUT2D eigenvalue weighted by molar-refractivity contribution is 7.17. The van der Waals surface area contributed by atoms with E-state index in [1.165, 1.54) is 30.9 Å². The van der Waals surface area contributed by atoms with Gasteiger partial charge in [0.25, 0.3) is 5.91 Å². The topological polar surface area (TPSA) is 93.7 Å². The maximum atomic E-state index is 12.4. The van der Waals surface area contributed by atoms with Crippen molar-refractivity contribution < 1.29 is 23.9 Å². The van der Waals surface area contributed by atoms with Crippen LogP contribution in [0.1, 0.15) is 27.7 Å². The highest BCUT2D eigenvalue weighted by atomic mass is 32.1. The molecule has 0 bridgehead atoms. The standard InChI is InChI=1S/C19H20N2O5S/c1-10(17(22)21-19(24)20-2)26-18(23)15-9-12-5-4-11-8-13(25-3)6-7-14(11)16(12)27-15/h6-10H,4-5H2,1-3H3,(H2,20,21,22,24). The first-order valence-corrected chi connectivity index (χ1v) is 9.28. The number of fused-ring (bicyclic) bond motifs is 3. The summed E-state index contributed by atoms with van der Waals surface area (Å²) in [6, 6.07) is 7.08. The molecule has 1 unspecified atom stereocenters. The van der Waals surface area contributed by atoms with E-state index in [0.29, 0.717) is 4.88 Å². The van der Waals surface area contributed by atoms with Crippen LogP contribution in [0.3, 0.4) is 0 Å². The second-order valence-corrected chi connectivity index (χ2v) is 7.16. The zero-order valence-electron chi connectivity index (χ0n) is 15.3. The van der Waals surface area contributed by atoms with Crippen molar-refractivity contribution in [2.45, 2.75) is 25.9 Å². The summed E-state index contributed by atoms with van der Waals surface area (Å²) in [6.07, 6.45) is 0.618. The predicted octanol–water partition coefficient (Wildman–Crippen LogP) is 2.52. The number of ether oxygens (including phenoxy) is 2. The highest BCUT2D eigenvalue weighted by Gasteiger charge is 2.25. The van der Waals surface area contributed by atoms with Crippen molar-refractivity contribution in [3.8, 4) is 16.2 Å². The quantitative estimate of drug-likeness (QED) is 0.785. The zero-order chi connectivity index (χ0) is 19.6. The van der Waals surface area contributed by atoms with Gasteiger partial charge in [0.15, 0.2) is 6.10 Å². The van der Waals surface area contributed by atoms with Crippen LogP contribution >= 0.6 is 11.3 Å². The van der Waals surface area contributed by atoms with Gasteiger partial charge in [-0.15, -0.1) is 11.3 Å². The van der Waals surface area contributed by atoms with Gasteiger partial charge in [-0.3, -0.25) is 10.1 Å². The Morgan fingerprint density at radius 3 is 2.59 bits per heavy atom. The molecule has 1 aliphatic rings. The Morgan fingerprint density at radius 1 is 1.15 bits per heavy atom. The number of benzene rings is 1. The van der Waals surface area contributed by atoms with E-state index in [-0.39, 0.29) is 0 Å². The number of thiophene rings is 1. The molecule has 142 valence electrons. The molecule has 3 amide bonds. The molecule has 8 heteroatoms. The number of hydrogen-bond donors (Lipinski definition) is 2. The first-order chi connectivity index (χ1) is 12.9. The van der Waals surface area contributed by atoms with Crippen molar-refractivity contribution in [2.75, 3.05) is 14.2 Å². The largest absolute Gasteiger partial charge is 0.497 e. The Labute approximate surface area is 160 Å². The van der Waals surface area contributed by atoms with Crippen LogP contribution in [0, 0.1) is 0 Å². The minimum atomic E-state index is -1.08. The SMILES string of the molecule is CNC(=O)NC(=O)C(C)OC(=O)c1cc2c(s1)-c1ccc(OC)cc1CC2. The second kappa shape index (κ2) is 7.79. The number of aryl methyl sites for hydroxylation is 2. The Hall–Kier alpha value is -2.87. The molecule has 1 atom stereocenters. The van der Waals surface area contributed by atoms with Crippen molar-refractivity contribution in [3.63, 3.8) is 0 Å². The number of nitrogens with one attached hydrogen (secondary N) is 2. The lowest BCUT2D eigenvalue weighted by molar-refractivity contribution is -0.127. The highest BCUT2D eigenvalue weighted by Crippen LogP contribution is 2.41. The molecule has 0 radical (unpaired) electrons. The van der Waals surface area contributed by atoms with Crippen molar-refractivity contribution in [3.05, 3.63) is 40.3 Å². The maximum absolute atomic E-state index is 12.4. The molecule has 0 aliphatic heterocycles. The molecular formula is C19H20N2O5S. The average molecular weight is 388 g/mol. The molecule has 1 heterocycles. The summed E-state index contributed by atoms with van der Waals surface area (Å²) in [7, 11) is 3.03. The molecule has 0 fully saturated rings. The molecule has 1 aliphatic carbocycles. The van der Waals surface area contributed by atoms with Crippen LogP contribution in [-0.2, 0) is 22.4 Å². The molecule has 0 saturated carbocycles. The van der Waals surface area contributed by atoms with Gasteiger partial charge in [-0.05, 0) is 60.7 Å². The summed E-state index contributed by atoms with van der Waals surface area (Å²) in [5.74, 6) is -0.449. The van der Waals surface area contributed by atoms with Crippen molar-refractivity contribution >= 4 is 29.2 Å². The summed E-state index contributed by atoms with van der Waals surface area (Å²) in [6.45, 7) is 1.42. The van der Waals surface area contributed by atoms with Gasteiger partial charge >= 0.3 is 12.0 Å². The van der Waals surface area contributed by atoms with Gasteiger partial charge in [-0.2, -0.15) is 0 Å². The number of carbonyl (C=O) groups excluding carboxylic acids is 3. The smallest absolute Gasteiger partial charge is 0.349 e. The van der Waals surface area contributed by atoms with Gasteiger partial charge in [0, 0.05) is 11.9 Å². The number of hydrogen-bond acceptors (Lipinski definition) is 6. The van der Waals surface area contributed by atoms with Gasteiger partial charge < -0.3 is 14.8 Å². The normalized spacial score (nSPS) is 13.0. The second-order valence-electron chi connectivity index (χ2n) is 6.10. The Kier molecular flexibility index (Phi) is 5.46. The first kappa shape index (κ1) is 18.9. The molecule has 7 nitrogen and oxygen atoms in total. The molecule has 0 spiro atoms. The molecule has 3 rings (SSSR count).